The number of carbonyl (C=O) groups is 2. The van der Waals surface area contributed by atoms with Gasteiger partial charge in [-0.25, -0.2) is 0 Å². The van der Waals surface area contributed by atoms with Gasteiger partial charge in [0, 0.05) is 12.6 Å². The highest BCUT2D eigenvalue weighted by atomic mass is 16.5. The van der Waals surface area contributed by atoms with E-state index < -0.39 is 5.41 Å². The number of ether oxygens (including phenoxy) is 3. The van der Waals surface area contributed by atoms with E-state index in [0.717, 1.165) is 23.3 Å². The van der Waals surface area contributed by atoms with E-state index in [9.17, 15) is 9.59 Å². The number of hydrogen-bond donors (Lipinski definition) is 1. The molecule has 1 heterocycles. The third-order valence-corrected chi connectivity index (χ3v) is 5.75. The van der Waals surface area contributed by atoms with E-state index in [2.05, 4.69) is 4.90 Å². The van der Waals surface area contributed by atoms with Crippen molar-refractivity contribution in [2.45, 2.75) is 37.1 Å². The Morgan fingerprint density at radius 2 is 2.15 bits per heavy atom. The maximum Gasteiger partial charge on any atom is 0.316 e. The summed E-state index contributed by atoms with van der Waals surface area (Å²) in [4.78, 5) is 26.8. The molecule has 1 aliphatic heterocycles. The highest BCUT2D eigenvalue weighted by Gasteiger charge is 2.51. The number of piperidine rings is 1. The first-order chi connectivity index (χ1) is 13.0. The Morgan fingerprint density at radius 1 is 1.33 bits per heavy atom. The summed E-state index contributed by atoms with van der Waals surface area (Å²) in [6.07, 6.45) is 2.41. The summed E-state index contributed by atoms with van der Waals surface area (Å²) in [5.41, 5.74) is 1.48. The summed E-state index contributed by atoms with van der Waals surface area (Å²) in [7, 11) is 3.06. The minimum atomic E-state index is -0.657. The molecule has 7 heteroatoms. The molecule has 0 spiro atoms. The Labute approximate surface area is 159 Å². The lowest BCUT2D eigenvalue weighted by Gasteiger charge is -2.49. The molecule has 2 bridgehead atoms. The largest absolute Gasteiger partial charge is 0.497 e. The first-order valence-electron chi connectivity index (χ1n) is 9.30. The Morgan fingerprint density at radius 3 is 2.85 bits per heavy atom. The van der Waals surface area contributed by atoms with Gasteiger partial charge in [-0.05, 0) is 49.1 Å². The Balaban J connectivity index is 1.80. The van der Waals surface area contributed by atoms with Crippen molar-refractivity contribution in [2.24, 2.45) is 0 Å². The van der Waals surface area contributed by atoms with E-state index in [-0.39, 0.29) is 37.6 Å². The number of rotatable bonds is 7. The molecule has 1 N–H and O–H groups in total. The van der Waals surface area contributed by atoms with Gasteiger partial charge in [0.15, 0.2) is 0 Å². The van der Waals surface area contributed by atoms with Crippen LogP contribution in [0.5, 0.6) is 5.75 Å². The van der Waals surface area contributed by atoms with Crippen LogP contribution in [0.3, 0.4) is 0 Å². The maximum absolute atomic E-state index is 12.8. The summed E-state index contributed by atoms with van der Waals surface area (Å²) >= 11 is 0. The Hall–Kier alpha value is -2.12. The van der Waals surface area contributed by atoms with Crippen LogP contribution < -0.4 is 4.74 Å². The standard InChI is InChI=1S/C20H27NO6/c1-25-16-4-3-14-11-15-13-20(17(14)12-16,19(24)26-2)6-8-21(15)7-5-18(23)27-10-9-22/h3-4,12,15,22H,5-11,13H2,1-2H3. The average molecular weight is 377 g/mol. The number of aliphatic hydroxyl groups is 1. The van der Waals surface area contributed by atoms with Crippen LogP contribution in [-0.4, -0.2) is 68.5 Å². The second-order valence-electron chi connectivity index (χ2n) is 7.14. The quantitative estimate of drug-likeness (QED) is 0.711. The molecule has 0 aromatic heterocycles. The molecule has 7 nitrogen and oxygen atoms in total. The smallest absolute Gasteiger partial charge is 0.316 e. The zero-order chi connectivity index (χ0) is 19.4. The molecule has 0 radical (unpaired) electrons. The summed E-state index contributed by atoms with van der Waals surface area (Å²) in [6.45, 7) is 1.16. The maximum atomic E-state index is 12.8. The summed E-state index contributed by atoms with van der Waals surface area (Å²) in [5, 5.41) is 8.74. The molecule has 1 aliphatic carbocycles. The Kier molecular flexibility index (Phi) is 6.01. The average Bonchev–Trinajstić information content (AvgIpc) is 2.70. The number of likely N-dealkylation sites (tertiary alicyclic amines) is 1. The normalized spacial score (nSPS) is 24.0. The van der Waals surface area contributed by atoms with Crippen LogP contribution in [-0.2, 0) is 30.9 Å². The number of nitrogens with zero attached hydrogens (tertiary/aromatic N) is 1. The van der Waals surface area contributed by atoms with E-state index >= 15 is 0 Å². The van der Waals surface area contributed by atoms with Crippen LogP contribution >= 0.6 is 0 Å². The predicted molar refractivity (Wildman–Crippen MR) is 97.6 cm³/mol. The van der Waals surface area contributed by atoms with Crippen LogP contribution in [0.25, 0.3) is 0 Å². The fraction of sp³-hybridized carbons (Fsp3) is 0.600. The van der Waals surface area contributed by atoms with E-state index in [0.29, 0.717) is 25.9 Å². The first-order valence-corrected chi connectivity index (χ1v) is 9.30. The number of hydrogen-bond acceptors (Lipinski definition) is 7. The SMILES string of the molecule is COC(=O)C12CCN(CCC(=O)OCCO)C(Cc3ccc(OC)cc31)C2. The summed E-state index contributed by atoms with van der Waals surface area (Å²) in [5.74, 6) is 0.225. The summed E-state index contributed by atoms with van der Waals surface area (Å²) in [6, 6.07) is 6.08. The van der Waals surface area contributed by atoms with E-state index in [4.69, 9.17) is 19.3 Å². The molecule has 148 valence electrons. The van der Waals surface area contributed by atoms with Crippen LogP contribution in [0.4, 0.5) is 0 Å². The molecule has 1 aromatic rings. The van der Waals surface area contributed by atoms with Crippen LogP contribution in [0, 0.1) is 0 Å². The Bertz CT molecular complexity index is 706. The molecular weight excluding hydrogens is 350 g/mol. The van der Waals surface area contributed by atoms with Crippen LogP contribution in [0.1, 0.15) is 30.4 Å². The topological polar surface area (TPSA) is 85.3 Å². The van der Waals surface area contributed by atoms with Gasteiger partial charge in [-0.1, -0.05) is 6.07 Å². The minimum Gasteiger partial charge on any atom is -0.497 e. The summed E-state index contributed by atoms with van der Waals surface area (Å²) < 4.78 is 15.5. The van der Waals surface area contributed by atoms with Crippen LogP contribution in [0.2, 0.25) is 0 Å². The van der Waals surface area contributed by atoms with Gasteiger partial charge >= 0.3 is 11.9 Å². The van der Waals surface area contributed by atoms with Crippen molar-refractivity contribution in [1.29, 1.82) is 0 Å². The molecular formula is C20H27NO6. The number of methoxy groups -OCH3 is 2. The van der Waals surface area contributed by atoms with Crippen molar-refractivity contribution in [1.82, 2.24) is 4.90 Å². The number of aliphatic hydroxyl groups excluding tert-OH is 1. The first kappa shape index (κ1) is 19.6. The van der Waals surface area contributed by atoms with Gasteiger partial charge in [0.1, 0.15) is 12.4 Å². The van der Waals surface area contributed by atoms with E-state index in [1.807, 2.05) is 18.2 Å². The van der Waals surface area contributed by atoms with Gasteiger partial charge in [-0.2, -0.15) is 0 Å². The molecule has 2 unspecified atom stereocenters. The lowest BCUT2D eigenvalue weighted by atomic mass is 9.63. The molecule has 3 rings (SSSR count). The second kappa shape index (κ2) is 8.27. The van der Waals surface area contributed by atoms with Crippen molar-refractivity contribution >= 4 is 11.9 Å². The molecule has 2 aliphatic rings. The van der Waals surface area contributed by atoms with Crippen molar-refractivity contribution in [3.63, 3.8) is 0 Å². The molecule has 1 saturated heterocycles. The minimum absolute atomic E-state index is 0.0307. The molecule has 2 atom stereocenters. The third kappa shape index (κ3) is 3.80. The highest BCUT2D eigenvalue weighted by Crippen LogP contribution is 2.46. The van der Waals surface area contributed by atoms with E-state index in [1.54, 1.807) is 7.11 Å². The van der Waals surface area contributed by atoms with Crippen molar-refractivity contribution in [3.8, 4) is 5.75 Å². The van der Waals surface area contributed by atoms with Crippen molar-refractivity contribution in [2.75, 3.05) is 40.5 Å². The second-order valence-corrected chi connectivity index (χ2v) is 7.14. The van der Waals surface area contributed by atoms with Crippen LogP contribution in [0.15, 0.2) is 18.2 Å². The van der Waals surface area contributed by atoms with Gasteiger partial charge in [0.25, 0.3) is 0 Å². The van der Waals surface area contributed by atoms with Crippen molar-refractivity contribution in [3.05, 3.63) is 29.3 Å². The predicted octanol–water partition coefficient (Wildman–Crippen LogP) is 1.05. The highest BCUT2D eigenvalue weighted by molar-refractivity contribution is 5.85. The van der Waals surface area contributed by atoms with Gasteiger partial charge < -0.3 is 19.3 Å². The monoisotopic (exact) mass is 377 g/mol. The number of fused-ring (bicyclic) bond motifs is 4. The van der Waals surface area contributed by atoms with Gasteiger partial charge in [-0.3, -0.25) is 14.5 Å². The number of benzene rings is 1. The zero-order valence-electron chi connectivity index (χ0n) is 15.9. The molecule has 0 amide bonds. The van der Waals surface area contributed by atoms with Gasteiger partial charge in [-0.15, -0.1) is 0 Å². The lowest BCUT2D eigenvalue weighted by molar-refractivity contribution is -0.152. The molecule has 0 saturated carbocycles. The van der Waals surface area contributed by atoms with Crippen molar-refractivity contribution < 1.29 is 28.9 Å². The zero-order valence-corrected chi connectivity index (χ0v) is 15.9. The molecule has 27 heavy (non-hydrogen) atoms. The molecule has 1 aromatic carbocycles. The third-order valence-electron chi connectivity index (χ3n) is 5.75. The number of carbonyl (C=O) groups excluding carboxylic acids is 2. The van der Waals surface area contributed by atoms with Gasteiger partial charge in [0.2, 0.25) is 0 Å². The molecule has 1 fully saturated rings. The fourth-order valence-corrected chi connectivity index (χ4v) is 4.41. The number of esters is 2. The van der Waals surface area contributed by atoms with E-state index in [1.165, 1.54) is 7.11 Å². The fourth-order valence-electron chi connectivity index (χ4n) is 4.41. The lowest BCUT2D eigenvalue weighted by Crippen LogP contribution is -2.56. The van der Waals surface area contributed by atoms with Gasteiger partial charge in [0.05, 0.1) is 32.7 Å².